The first-order chi connectivity index (χ1) is 9.86. The molecule has 0 spiro atoms. The average Bonchev–Trinajstić information content (AvgIpc) is 2.56. The van der Waals surface area contributed by atoms with Gasteiger partial charge in [-0.2, -0.15) is 0 Å². The zero-order valence-corrected chi connectivity index (χ0v) is 11.6. The Balaban J connectivity index is 1.81. The molecule has 3 rings (SSSR count). The van der Waals surface area contributed by atoms with Crippen molar-refractivity contribution in [3.05, 3.63) is 84.0 Å². The Morgan fingerprint density at radius 1 is 0.950 bits per heavy atom. The number of benzene rings is 2. The van der Waals surface area contributed by atoms with E-state index in [1.165, 1.54) is 16.7 Å². The summed E-state index contributed by atoms with van der Waals surface area (Å²) in [6, 6.07) is 19.0. The van der Waals surface area contributed by atoms with Crippen LogP contribution in [0.5, 0.6) is 5.75 Å². The maximum Gasteiger partial charge on any atom is 0.118 e. The van der Waals surface area contributed by atoms with Crippen LogP contribution in [0.3, 0.4) is 0 Å². The molecule has 0 bridgehead atoms. The Bertz CT molecular complexity index is 621. The molecule has 1 atom stereocenters. The van der Waals surface area contributed by atoms with Gasteiger partial charge < -0.3 is 4.74 Å². The topological polar surface area (TPSA) is 9.23 Å². The van der Waals surface area contributed by atoms with Gasteiger partial charge in [0.15, 0.2) is 0 Å². The molecular formula is C19H18O. The lowest BCUT2D eigenvalue weighted by atomic mass is 9.85. The molecule has 0 radical (unpaired) electrons. The molecule has 20 heavy (non-hydrogen) atoms. The van der Waals surface area contributed by atoms with Crippen LogP contribution in [0, 0.1) is 0 Å². The highest BCUT2D eigenvalue weighted by Gasteiger charge is 2.14. The van der Waals surface area contributed by atoms with Gasteiger partial charge >= 0.3 is 0 Å². The SMILES string of the molecule is COc1ccc(C2=CC=CC(c3ccccc3)C2)cc1. The molecule has 1 aliphatic rings. The summed E-state index contributed by atoms with van der Waals surface area (Å²) in [6.07, 6.45) is 7.71. The Kier molecular flexibility index (Phi) is 3.69. The van der Waals surface area contributed by atoms with Crippen LogP contribution in [0.1, 0.15) is 23.5 Å². The van der Waals surface area contributed by atoms with E-state index in [-0.39, 0.29) is 0 Å². The van der Waals surface area contributed by atoms with E-state index < -0.39 is 0 Å². The first kappa shape index (κ1) is 12.7. The first-order valence-electron chi connectivity index (χ1n) is 6.93. The van der Waals surface area contributed by atoms with Gasteiger partial charge in [-0.3, -0.25) is 0 Å². The van der Waals surface area contributed by atoms with E-state index >= 15 is 0 Å². The minimum Gasteiger partial charge on any atom is -0.497 e. The van der Waals surface area contributed by atoms with Gasteiger partial charge in [-0.15, -0.1) is 0 Å². The number of methoxy groups -OCH3 is 1. The van der Waals surface area contributed by atoms with Crippen molar-refractivity contribution >= 4 is 5.57 Å². The smallest absolute Gasteiger partial charge is 0.118 e. The van der Waals surface area contributed by atoms with Crippen molar-refractivity contribution in [1.29, 1.82) is 0 Å². The van der Waals surface area contributed by atoms with E-state index in [0.717, 1.165) is 12.2 Å². The highest BCUT2D eigenvalue weighted by Crippen LogP contribution is 2.33. The Hall–Kier alpha value is -2.28. The van der Waals surface area contributed by atoms with Crippen LogP contribution in [0.4, 0.5) is 0 Å². The summed E-state index contributed by atoms with van der Waals surface area (Å²) in [6.45, 7) is 0. The van der Waals surface area contributed by atoms with Crippen LogP contribution < -0.4 is 4.74 Å². The maximum atomic E-state index is 5.21. The summed E-state index contributed by atoms with van der Waals surface area (Å²) >= 11 is 0. The summed E-state index contributed by atoms with van der Waals surface area (Å²) < 4.78 is 5.21. The lowest BCUT2D eigenvalue weighted by Gasteiger charge is -2.19. The van der Waals surface area contributed by atoms with Gasteiger partial charge in [0.1, 0.15) is 5.75 Å². The molecule has 0 aromatic heterocycles. The van der Waals surface area contributed by atoms with E-state index in [9.17, 15) is 0 Å². The van der Waals surface area contributed by atoms with Crippen LogP contribution >= 0.6 is 0 Å². The molecule has 1 nitrogen and oxygen atoms in total. The second kappa shape index (κ2) is 5.79. The Morgan fingerprint density at radius 2 is 1.70 bits per heavy atom. The lowest BCUT2D eigenvalue weighted by Crippen LogP contribution is -2.00. The van der Waals surface area contributed by atoms with E-state index in [0.29, 0.717) is 5.92 Å². The molecule has 0 amide bonds. The quantitative estimate of drug-likeness (QED) is 0.770. The molecule has 1 aliphatic carbocycles. The molecule has 0 saturated heterocycles. The normalized spacial score (nSPS) is 17.6. The van der Waals surface area contributed by atoms with Gasteiger partial charge in [0, 0.05) is 5.92 Å². The Morgan fingerprint density at radius 3 is 2.40 bits per heavy atom. The molecule has 0 aliphatic heterocycles. The highest BCUT2D eigenvalue weighted by atomic mass is 16.5. The van der Waals surface area contributed by atoms with Gasteiger partial charge in [0.2, 0.25) is 0 Å². The third kappa shape index (κ3) is 2.67. The molecule has 2 aromatic rings. The zero-order valence-electron chi connectivity index (χ0n) is 11.6. The molecule has 1 unspecified atom stereocenters. The van der Waals surface area contributed by atoms with Crippen molar-refractivity contribution in [2.24, 2.45) is 0 Å². The predicted molar refractivity (Wildman–Crippen MR) is 83.9 cm³/mol. The number of ether oxygens (including phenoxy) is 1. The number of allylic oxidation sites excluding steroid dienone is 4. The molecule has 2 aromatic carbocycles. The van der Waals surface area contributed by atoms with E-state index in [4.69, 9.17) is 4.74 Å². The summed E-state index contributed by atoms with van der Waals surface area (Å²) in [7, 11) is 1.70. The summed E-state index contributed by atoms with van der Waals surface area (Å²) in [5.41, 5.74) is 4.03. The van der Waals surface area contributed by atoms with Crippen molar-refractivity contribution in [2.45, 2.75) is 12.3 Å². The summed E-state index contributed by atoms with van der Waals surface area (Å²) in [5, 5.41) is 0. The van der Waals surface area contributed by atoms with Gasteiger partial charge in [-0.05, 0) is 35.3 Å². The van der Waals surface area contributed by atoms with E-state index in [1.54, 1.807) is 7.11 Å². The first-order valence-corrected chi connectivity index (χ1v) is 6.93. The van der Waals surface area contributed by atoms with Gasteiger partial charge in [0.25, 0.3) is 0 Å². The molecular weight excluding hydrogens is 244 g/mol. The largest absolute Gasteiger partial charge is 0.497 e. The van der Waals surface area contributed by atoms with Gasteiger partial charge in [-0.25, -0.2) is 0 Å². The molecule has 0 saturated carbocycles. The van der Waals surface area contributed by atoms with Crippen molar-refractivity contribution in [1.82, 2.24) is 0 Å². The van der Waals surface area contributed by atoms with Crippen LogP contribution in [0.2, 0.25) is 0 Å². The lowest BCUT2D eigenvalue weighted by molar-refractivity contribution is 0.415. The summed E-state index contributed by atoms with van der Waals surface area (Å²) in [4.78, 5) is 0. The van der Waals surface area contributed by atoms with Crippen LogP contribution in [0.15, 0.2) is 72.8 Å². The average molecular weight is 262 g/mol. The monoisotopic (exact) mass is 262 g/mol. The second-order valence-electron chi connectivity index (χ2n) is 5.03. The number of hydrogen-bond acceptors (Lipinski definition) is 1. The van der Waals surface area contributed by atoms with Crippen molar-refractivity contribution in [3.63, 3.8) is 0 Å². The number of rotatable bonds is 3. The minimum atomic E-state index is 0.471. The highest BCUT2D eigenvalue weighted by molar-refractivity contribution is 5.70. The molecule has 0 heterocycles. The fraction of sp³-hybridized carbons (Fsp3) is 0.158. The van der Waals surface area contributed by atoms with Crippen molar-refractivity contribution in [2.75, 3.05) is 7.11 Å². The Labute approximate surface area is 120 Å². The standard InChI is InChI=1S/C19H18O/c1-20-19-12-10-16(11-13-19)18-9-5-8-17(14-18)15-6-3-2-4-7-15/h2-13,17H,14H2,1H3. The number of hydrogen-bond donors (Lipinski definition) is 0. The van der Waals surface area contributed by atoms with Crippen molar-refractivity contribution < 1.29 is 4.74 Å². The third-order valence-electron chi connectivity index (χ3n) is 3.77. The zero-order chi connectivity index (χ0) is 13.8. The molecule has 100 valence electrons. The molecule has 0 N–H and O–H groups in total. The molecule has 1 heteroatoms. The van der Waals surface area contributed by atoms with Crippen molar-refractivity contribution in [3.8, 4) is 5.75 Å². The van der Waals surface area contributed by atoms with Crippen LogP contribution in [-0.4, -0.2) is 7.11 Å². The fourth-order valence-electron chi connectivity index (χ4n) is 2.63. The second-order valence-corrected chi connectivity index (χ2v) is 5.03. The third-order valence-corrected chi connectivity index (χ3v) is 3.77. The van der Waals surface area contributed by atoms with Gasteiger partial charge in [-0.1, -0.05) is 60.7 Å². The van der Waals surface area contributed by atoms with Crippen LogP contribution in [-0.2, 0) is 0 Å². The molecule has 0 fully saturated rings. The predicted octanol–water partition coefficient (Wildman–Crippen LogP) is 4.82. The maximum absolute atomic E-state index is 5.21. The van der Waals surface area contributed by atoms with E-state index in [2.05, 4.69) is 60.7 Å². The van der Waals surface area contributed by atoms with Gasteiger partial charge in [0.05, 0.1) is 7.11 Å². The minimum absolute atomic E-state index is 0.471. The van der Waals surface area contributed by atoms with Crippen LogP contribution in [0.25, 0.3) is 5.57 Å². The summed E-state index contributed by atoms with van der Waals surface area (Å²) in [5.74, 6) is 1.37. The fourth-order valence-corrected chi connectivity index (χ4v) is 2.63. The van der Waals surface area contributed by atoms with E-state index in [1.807, 2.05) is 12.1 Å².